The molecular formula is C30H33N5O. The van der Waals surface area contributed by atoms with Crippen LogP contribution in [0, 0.1) is 0 Å². The molecule has 0 spiro atoms. The quantitative estimate of drug-likeness (QED) is 0.410. The van der Waals surface area contributed by atoms with Gasteiger partial charge in [-0.15, -0.1) is 0 Å². The van der Waals surface area contributed by atoms with Crippen LogP contribution in [0.3, 0.4) is 0 Å². The molecule has 184 valence electrons. The number of piperazine rings is 1. The fraction of sp³-hybridized carbons (Fsp3) is 0.300. The molecule has 6 heteroatoms. The summed E-state index contributed by atoms with van der Waals surface area (Å²) >= 11 is 0. The molecule has 0 aliphatic carbocycles. The Bertz CT molecular complexity index is 1320. The number of rotatable bonds is 6. The highest BCUT2D eigenvalue weighted by Gasteiger charge is 2.21. The maximum Gasteiger partial charge on any atom is 0.101 e. The van der Waals surface area contributed by atoms with E-state index in [0.29, 0.717) is 11.7 Å². The number of pyridine rings is 3. The van der Waals surface area contributed by atoms with E-state index in [9.17, 15) is 5.11 Å². The van der Waals surface area contributed by atoms with Crippen molar-refractivity contribution in [3.63, 3.8) is 0 Å². The van der Waals surface area contributed by atoms with E-state index in [1.54, 1.807) is 20.0 Å². The van der Waals surface area contributed by atoms with Crippen molar-refractivity contribution in [3.8, 4) is 33.6 Å². The molecule has 36 heavy (non-hydrogen) atoms. The molecule has 4 aromatic rings. The van der Waals surface area contributed by atoms with Crippen molar-refractivity contribution >= 4 is 0 Å². The van der Waals surface area contributed by atoms with Crippen molar-refractivity contribution in [2.75, 3.05) is 19.6 Å². The molecule has 3 aromatic heterocycles. The van der Waals surface area contributed by atoms with E-state index < -0.39 is 5.60 Å². The molecule has 6 nitrogen and oxygen atoms in total. The fourth-order valence-corrected chi connectivity index (χ4v) is 4.63. The van der Waals surface area contributed by atoms with E-state index in [1.165, 1.54) is 5.56 Å². The SMILES string of the molecule is C[C@@H]1CN(Cc2ccc(-c3cncc(-c4cc(-c5ccccn5)nc(C(C)(C)O)c4)c3)cc2)CCN1. The van der Waals surface area contributed by atoms with E-state index in [1.807, 2.05) is 42.7 Å². The molecule has 1 aliphatic rings. The zero-order chi connectivity index (χ0) is 25.1. The highest BCUT2D eigenvalue weighted by atomic mass is 16.3. The van der Waals surface area contributed by atoms with E-state index in [0.717, 1.165) is 59.8 Å². The molecule has 1 atom stereocenters. The smallest absolute Gasteiger partial charge is 0.101 e. The van der Waals surface area contributed by atoms with Crippen LogP contribution in [0.15, 0.2) is 79.3 Å². The minimum absolute atomic E-state index is 0.537. The van der Waals surface area contributed by atoms with Crippen LogP contribution in [0.5, 0.6) is 0 Å². The summed E-state index contributed by atoms with van der Waals surface area (Å²) in [6.07, 6.45) is 5.51. The van der Waals surface area contributed by atoms with Crippen molar-refractivity contribution in [1.29, 1.82) is 0 Å². The lowest BCUT2D eigenvalue weighted by molar-refractivity contribution is 0.0740. The summed E-state index contributed by atoms with van der Waals surface area (Å²) in [5.41, 5.74) is 6.42. The maximum atomic E-state index is 10.7. The van der Waals surface area contributed by atoms with Crippen molar-refractivity contribution < 1.29 is 5.11 Å². The predicted octanol–water partition coefficient (Wildman–Crippen LogP) is 4.89. The number of aromatic nitrogens is 3. The van der Waals surface area contributed by atoms with Gasteiger partial charge in [0.2, 0.25) is 0 Å². The van der Waals surface area contributed by atoms with Crippen molar-refractivity contribution in [1.82, 2.24) is 25.2 Å². The highest BCUT2D eigenvalue weighted by molar-refractivity contribution is 5.74. The van der Waals surface area contributed by atoms with Gasteiger partial charge < -0.3 is 10.4 Å². The van der Waals surface area contributed by atoms with E-state index in [-0.39, 0.29) is 0 Å². The minimum Gasteiger partial charge on any atom is -0.384 e. The van der Waals surface area contributed by atoms with Gasteiger partial charge in [-0.25, -0.2) is 4.98 Å². The number of benzene rings is 1. The number of nitrogens with one attached hydrogen (secondary N) is 1. The highest BCUT2D eigenvalue weighted by Crippen LogP contribution is 2.31. The third kappa shape index (κ3) is 5.68. The van der Waals surface area contributed by atoms with Crippen molar-refractivity contribution in [2.45, 2.75) is 39.0 Å². The number of hydrogen-bond donors (Lipinski definition) is 2. The second-order valence-electron chi connectivity index (χ2n) is 10.1. The molecule has 4 heterocycles. The second kappa shape index (κ2) is 10.3. The van der Waals surface area contributed by atoms with Crippen LogP contribution < -0.4 is 5.32 Å². The largest absolute Gasteiger partial charge is 0.384 e. The summed E-state index contributed by atoms with van der Waals surface area (Å²) in [6, 6.07) is 21.2. The zero-order valence-electron chi connectivity index (χ0n) is 21.1. The molecule has 5 rings (SSSR count). The lowest BCUT2D eigenvalue weighted by Crippen LogP contribution is -2.48. The topological polar surface area (TPSA) is 74.2 Å². The fourth-order valence-electron chi connectivity index (χ4n) is 4.63. The van der Waals surface area contributed by atoms with Crippen LogP contribution >= 0.6 is 0 Å². The molecule has 0 radical (unpaired) electrons. The Kier molecular flexibility index (Phi) is 6.92. The van der Waals surface area contributed by atoms with Crippen molar-refractivity contribution in [3.05, 3.63) is 90.5 Å². The molecule has 1 aliphatic heterocycles. The minimum atomic E-state index is -1.08. The maximum absolute atomic E-state index is 10.7. The Morgan fingerprint density at radius 2 is 1.72 bits per heavy atom. The van der Waals surface area contributed by atoms with E-state index in [4.69, 9.17) is 4.98 Å². The zero-order valence-corrected chi connectivity index (χ0v) is 21.1. The summed E-state index contributed by atoms with van der Waals surface area (Å²) in [6.45, 7) is 9.91. The van der Waals surface area contributed by atoms with Crippen LogP contribution in [0.4, 0.5) is 0 Å². The molecule has 2 N–H and O–H groups in total. The first-order chi connectivity index (χ1) is 17.3. The first kappa shape index (κ1) is 24.3. The van der Waals surface area contributed by atoms with Crippen LogP contribution in [-0.4, -0.2) is 50.6 Å². The lowest BCUT2D eigenvalue weighted by Gasteiger charge is -2.31. The third-order valence-corrected chi connectivity index (χ3v) is 6.60. The monoisotopic (exact) mass is 479 g/mol. The summed E-state index contributed by atoms with van der Waals surface area (Å²) in [5.74, 6) is 0. The van der Waals surface area contributed by atoms with E-state index >= 15 is 0 Å². The van der Waals surface area contributed by atoms with Gasteiger partial charge >= 0.3 is 0 Å². The van der Waals surface area contributed by atoms with Crippen LogP contribution in [-0.2, 0) is 12.1 Å². The first-order valence-electron chi connectivity index (χ1n) is 12.5. The molecule has 0 bridgehead atoms. The average Bonchev–Trinajstić information content (AvgIpc) is 2.89. The number of nitrogens with zero attached hydrogens (tertiary/aromatic N) is 4. The van der Waals surface area contributed by atoms with Gasteiger partial charge in [-0.2, -0.15) is 0 Å². The lowest BCUT2D eigenvalue weighted by atomic mass is 9.97. The van der Waals surface area contributed by atoms with Gasteiger partial charge in [0.25, 0.3) is 0 Å². The second-order valence-corrected chi connectivity index (χ2v) is 10.1. The standard InChI is InChI=1S/C30H33N5O/c1-21-19-35(13-12-32-21)20-22-7-9-23(10-8-22)25-14-26(18-31-17-25)24-15-28(27-6-4-5-11-33-27)34-29(16-24)30(2,3)36/h4-11,14-18,21,32,36H,12-13,19-20H2,1-3H3/t21-/m1/s1. The molecular weight excluding hydrogens is 446 g/mol. The van der Waals surface area contributed by atoms with Gasteiger partial charge in [-0.3, -0.25) is 14.9 Å². The molecule has 1 aromatic carbocycles. The molecule has 0 saturated carbocycles. The summed E-state index contributed by atoms with van der Waals surface area (Å²) in [7, 11) is 0. The van der Waals surface area contributed by atoms with Gasteiger partial charge in [-0.1, -0.05) is 30.3 Å². The summed E-state index contributed by atoms with van der Waals surface area (Å²) in [4.78, 5) is 16.2. The molecule has 0 amide bonds. The predicted molar refractivity (Wildman–Crippen MR) is 144 cm³/mol. The van der Waals surface area contributed by atoms with Crippen LogP contribution in [0.2, 0.25) is 0 Å². The van der Waals surface area contributed by atoms with Gasteiger partial charge in [-0.05, 0) is 67.8 Å². The first-order valence-corrected chi connectivity index (χ1v) is 12.5. The summed E-state index contributed by atoms with van der Waals surface area (Å²) in [5, 5.41) is 14.2. The average molecular weight is 480 g/mol. The van der Waals surface area contributed by atoms with Gasteiger partial charge in [0.1, 0.15) is 5.60 Å². The van der Waals surface area contributed by atoms with E-state index in [2.05, 4.69) is 57.4 Å². The molecule has 1 saturated heterocycles. The van der Waals surface area contributed by atoms with Gasteiger partial charge in [0, 0.05) is 61.9 Å². The Balaban J connectivity index is 1.43. The van der Waals surface area contributed by atoms with Gasteiger partial charge in [0.15, 0.2) is 0 Å². The van der Waals surface area contributed by atoms with Crippen molar-refractivity contribution in [2.24, 2.45) is 0 Å². The Hall–Kier alpha value is -3.45. The number of hydrogen-bond acceptors (Lipinski definition) is 6. The number of aliphatic hydroxyl groups is 1. The van der Waals surface area contributed by atoms with Crippen LogP contribution in [0.1, 0.15) is 32.0 Å². The Morgan fingerprint density at radius 1 is 0.944 bits per heavy atom. The normalized spacial score (nSPS) is 16.7. The molecule has 1 fully saturated rings. The Labute approximate surface area is 213 Å². The Morgan fingerprint density at radius 3 is 2.42 bits per heavy atom. The van der Waals surface area contributed by atoms with Gasteiger partial charge in [0.05, 0.1) is 17.1 Å². The third-order valence-electron chi connectivity index (χ3n) is 6.60. The van der Waals surface area contributed by atoms with Crippen LogP contribution in [0.25, 0.3) is 33.6 Å². The summed E-state index contributed by atoms with van der Waals surface area (Å²) < 4.78 is 0. The molecule has 0 unspecified atom stereocenters.